The van der Waals surface area contributed by atoms with Crippen molar-refractivity contribution in [2.45, 2.75) is 52.5 Å². The van der Waals surface area contributed by atoms with Gasteiger partial charge in [-0.1, -0.05) is 45.0 Å². The summed E-state index contributed by atoms with van der Waals surface area (Å²) in [5, 5.41) is 3.24. The van der Waals surface area contributed by atoms with Gasteiger partial charge in [-0.3, -0.25) is 0 Å². The van der Waals surface area contributed by atoms with Crippen LogP contribution in [0.4, 0.5) is 0 Å². The highest BCUT2D eigenvalue weighted by atomic mass is 32.2. The predicted octanol–water partition coefficient (Wildman–Crippen LogP) is 2.65. The molecule has 4 nitrogen and oxygen atoms in total. The summed E-state index contributed by atoms with van der Waals surface area (Å²) >= 11 is 0. The molecular weight excluding hydrogens is 284 g/mol. The first-order valence-electron chi connectivity index (χ1n) is 7.61. The Balaban J connectivity index is 2.66. The van der Waals surface area contributed by atoms with Gasteiger partial charge in [-0.05, 0) is 36.9 Å². The van der Waals surface area contributed by atoms with Gasteiger partial charge in [-0.15, -0.1) is 0 Å². The van der Waals surface area contributed by atoms with E-state index in [2.05, 4.69) is 23.9 Å². The van der Waals surface area contributed by atoms with Crippen LogP contribution in [0.15, 0.2) is 24.3 Å². The molecule has 0 aromatic heterocycles. The molecule has 0 bridgehead atoms. The van der Waals surface area contributed by atoms with Gasteiger partial charge in [0.15, 0.2) is 0 Å². The van der Waals surface area contributed by atoms with Gasteiger partial charge in [0, 0.05) is 12.6 Å². The molecule has 0 amide bonds. The van der Waals surface area contributed by atoms with Crippen LogP contribution in [0.2, 0.25) is 0 Å². The zero-order valence-corrected chi connectivity index (χ0v) is 14.3. The zero-order chi connectivity index (χ0) is 15.9. The maximum atomic E-state index is 12.2. The van der Waals surface area contributed by atoms with Crippen LogP contribution in [-0.4, -0.2) is 21.0 Å². The lowest BCUT2D eigenvalue weighted by Gasteiger charge is -2.16. The smallest absolute Gasteiger partial charge is 0.216 e. The first kappa shape index (κ1) is 18.1. The van der Waals surface area contributed by atoms with E-state index < -0.39 is 10.0 Å². The number of hydrogen-bond donors (Lipinski definition) is 2. The molecule has 0 saturated carbocycles. The second kappa shape index (κ2) is 8.51. The highest BCUT2D eigenvalue weighted by molar-refractivity contribution is 7.88. The van der Waals surface area contributed by atoms with Crippen molar-refractivity contribution in [3.8, 4) is 0 Å². The zero-order valence-electron chi connectivity index (χ0n) is 13.5. The van der Waals surface area contributed by atoms with Gasteiger partial charge in [0.25, 0.3) is 0 Å². The minimum atomic E-state index is -3.29. The monoisotopic (exact) mass is 312 g/mol. The van der Waals surface area contributed by atoms with Crippen LogP contribution in [-0.2, 0) is 22.3 Å². The van der Waals surface area contributed by atoms with Gasteiger partial charge < -0.3 is 5.32 Å². The number of benzene rings is 1. The number of sulfonamides is 1. The highest BCUT2D eigenvalue weighted by Crippen LogP contribution is 2.11. The minimum absolute atomic E-state index is 0.0278. The Labute approximate surface area is 129 Å². The van der Waals surface area contributed by atoms with E-state index in [4.69, 9.17) is 0 Å². The summed E-state index contributed by atoms with van der Waals surface area (Å²) in [7, 11) is -3.29. The SMILES string of the molecule is CCNCc1cccc(CS(=O)(=O)NC(C)CC(C)C)c1. The largest absolute Gasteiger partial charge is 0.313 e. The molecule has 5 heteroatoms. The molecule has 0 fully saturated rings. The first-order chi connectivity index (χ1) is 9.82. The lowest BCUT2D eigenvalue weighted by Crippen LogP contribution is -2.34. The van der Waals surface area contributed by atoms with Crippen LogP contribution in [0.1, 0.15) is 45.2 Å². The molecule has 21 heavy (non-hydrogen) atoms. The molecule has 1 rings (SSSR count). The van der Waals surface area contributed by atoms with Crippen molar-refractivity contribution in [2.75, 3.05) is 6.54 Å². The quantitative estimate of drug-likeness (QED) is 0.737. The lowest BCUT2D eigenvalue weighted by atomic mass is 10.1. The van der Waals surface area contributed by atoms with Gasteiger partial charge in [-0.2, -0.15) is 0 Å². The summed E-state index contributed by atoms with van der Waals surface area (Å²) < 4.78 is 27.1. The molecule has 0 aliphatic heterocycles. The number of rotatable bonds is 9. The Morgan fingerprint density at radius 3 is 2.43 bits per heavy atom. The van der Waals surface area contributed by atoms with Crippen molar-refractivity contribution in [1.82, 2.24) is 10.0 Å². The Morgan fingerprint density at radius 2 is 1.81 bits per heavy atom. The average molecular weight is 312 g/mol. The van der Waals surface area contributed by atoms with Crippen LogP contribution in [0.5, 0.6) is 0 Å². The molecule has 1 aromatic carbocycles. The summed E-state index contributed by atoms with van der Waals surface area (Å²) in [5.74, 6) is 0.515. The molecule has 0 heterocycles. The Hall–Kier alpha value is -0.910. The maximum absolute atomic E-state index is 12.2. The Morgan fingerprint density at radius 1 is 1.14 bits per heavy atom. The first-order valence-corrected chi connectivity index (χ1v) is 9.26. The van der Waals surface area contributed by atoms with E-state index in [1.54, 1.807) is 0 Å². The van der Waals surface area contributed by atoms with Gasteiger partial charge in [0.1, 0.15) is 0 Å². The van der Waals surface area contributed by atoms with Crippen LogP contribution in [0.3, 0.4) is 0 Å². The van der Waals surface area contributed by atoms with Crippen molar-refractivity contribution in [2.24, 2.45) is 5.92 Å². The molecule has 0 radical (unpaired) electrons. The summed E-state index contributed by atoms with van der Waals surface area (Å²) in [6.07, 6.45) is 0.847. The van der Waals surface area contributed by atoms with Gasteiger partial charge in [-0.25, -0.2) is 13.1 Å². The fourth-order valence-electron chi connectivity index (χ4n) is 2.42. The fourth-order valence-corrected chi connectivity index (χ4v) is 3.83. The lowest BCUT2D eigenvalue weighted by molar-refractivity contribution is 0.482. The molecule has 1 atom stereocenters. The topological polar surface area (TPSA) is 58.2 Å². The minimum Gasteiger partial charge on any atom is -0.313 e. The van der Waals surface area contributed by atoms with E-state index in [1.807, 2.05) is 38.1 Å². The second-order valence-corrected chi connectivity index (χ2v) is 7.76. The van der Waals surface area contributed by atoms with Crippen molar-refractivity contribution in [1.29, 1.82) is 0 Å². The fraction of sp³-hybridized carbons (Fsp3) is 0.625. The van der Waals surface area contributed by atoms with Gasteiger partial charge in [0.05, 0.1) is 5.75 Å². The molecule has 2 N–H and O–H groups in total. The summed E-state index contributed by atoms with van der Waals surface area (Å²) in [6, 6.07) is 7.71. The van der Waals surface area contributed by atoms with E-state index in [9.17, 15) is 8.42 Å². The van der Waals surface area contributed by atoms with Crippen molar-refractivity contribution in [3.63, 3.8) is 0 Å². The van der Waals surface area contributed by atoms with Crippen LogP contribution >= 0.6 is 0 Å². The normalized spacial score (nSPS) is 13.6. The van der Waals surface area contributed by atoms with E-state index in [0.717, 1.165) is 30.6 Å². The van der Waals surface area contributed by atoms with Gasteiger partial charge >= 0.3 is 0 Å². The molecule has 0 saturated heterocycles. The Kier molecular flexibility index (Phi) is 7.35. The van der Waals surface area contributed by atoms with Crippen molar-refractivity contribution in [3.05, 3.63) is 35.4 Å². The maximum Gasteiger partial charge on any atom is 0.216 e. The van der Waals surface area contributed by atoms with E-state index in [0.29, 0.717) is 5.92 Å². The molecule has 0 aliphatic carbocycles. The summed E-state index contributed by atoms with van der Waals surface area (Å²) in [6.45, 7) is 9.82. The number of nitrogens with one attached hydrogen (secondary N) is 2. The summed E-state index contributed by atoms with van der Waals surface area (Å²) in [5.41, 5.74) is 1.94. The van der Waals surface area contributed by atoms with Crippen LogP contribution < -0.4 is 10.0 Å². The predicted molar refractivity (Wildman–Crippen MR) is 88.5 cm³/mol. The van der Waals surface area contributed by atoms with E-state index >= 15 is 0 Å². The van der Waals surface area contributed by atoms with E-state index in [-0.39, 0.29) is 11.8 Å². The third-order valence-corrected chi connectivity index (χ3v) is 4.61. The molecule has 1 unspecified atom stereocenters. The average Bonchev–Trinajstić information content (AvgIpc) is 2.34. The van der Waals surface area contributed by atoms with Crippen LogP contribution in [0.25, 0.3) is 0 Å². The Bertz CT molecular complexity index is 527. The second-order valence-electron chi connectivity index (χ2n) is 6.01. The third-order valence-electron chi connectivity index (χ3n) is 3.13. The van der Waals surface area contributed by atoms with Crippen molar-refractivity contribution < 1.29 is 8.42 Å². The standard InChI is InChI=1S/C16H28N2O2S/c1-5-17-11-15-7-6-8-16(10-15)12-21(19,20)18-14(4)9-13(2)3/h6-8,10,13-14,17-18H,5,9,11-12H2,1-4H3. The van der Waals surface area contributed by atoms with Crippen molar-refractivity contribution >= 4 is 10.0 Å². The molecule has 1 aromatic rings. The van der Waals surface area contributed by atoms with E-state index in [1.165, 1.54) is 0 Å². The highest BCUT2D eigenvalue weighted by Gasteiger charge is 2.16. The molecular formula is C16H28N2O2S. The summed E-state index contributed by atoms with van der Waals surface area (Å²) in [4.78, 5) is 0. The molecule has 120 valence electrons. The molecule has 0 aliphatic rings. The van der Waals surface area contributed by atoms with Gasteiger partial charge in [0.2, 0.25) is 10.0 Å². The third kappa shape index (κ3) is 7.60. The molecule has 0 spiro atoms. The number of hydrogen-bond acceptors (Lipinski definition) is 3. The van der Waals surface area contributed by atoms with Crippen LogP contribution in [0, 0.1) is 5.92 Å².